The molecule has 0 aliphatic carbocycles. The van der Waals surface area contributed by atoms with E-state index >= 15 is 0 Å². The number of hydrogen-bond donors (Lipinski definition) is 0. The quantitative estimate of drug-likeness (QED) is 0.601. The summed E-state index contributed by atoms with van der Waals surface area (Å²) in [7, 11) is 0.886. The molecule has 4 nitrogen and oxygen atoms in total. The first kappa shape index (κ1) is 13.7. The Kier molecular flexibility index (Phi) is 3.71. The molecular formula is C11H6F3NO3. The van der Waals surface area contributed by atoms with Gasteiger partial charge in [-0.2, -0.15) is 18.4 Å². The maximum absolute atomic E-state index is 12.7. The predicted octanol–water partition coefficient (Wildman–Crippen LogP) is 2.18. The van der Waals surface area contributed by atoms with E-state index in [0.717, 1.165) is 13.2 Å². The largest absolute Gasteiger partial charge is 0.465 e. The summed E-state index contributed by atoms with van der Waals surface area (Å²) < 4.78 is 42.3. The Labute approximate surface area is 99.6 Å². The van der Waals surface area contributed by atoms with E-state index in [1.165, 1.54) is 6.07 Å². The fourth-order valence-corrected chi connectivity index (χ4v) is 1.39. The number of hydrogen-bond acceptors (Lipinski definition) is 4. The van der Waals surface area contributed by atoms with E-state index in [9.17, 15) is 22.8 Å². The highest BCUT2D eigenvalue weighted by Gasteiger charge is 2.37. The summed E-state index contributed by atoms with van der Waals surface area (Å²) in [6.07, 6.45) is -4.62. The predicted molar refractivity (Wildman–Crippen MR) is 52.9 cm³/mol. The van der Waals surface area contributed by atoms with Gasteiger partial charge in [-0.1, -0.05) is 0 Å². The average Bonchev–Trinajstić information content (AvgIpc) is 2.34. The molecule has 0 amide bonds. The second-order valence-electron chi connectivity index (χ2n) is 3.17. The van der Waals surface area contributed by atoms with E-state index < -0.39 is 28.8 Å². The summed E-state index contributed by atoms with van der Waals surface area (Å²) in [5, 5.41) is 8.78. The van der Waals surface area contributed by atoms with Gasteiger partial charge in [0.15, 0.2) is 6.29 Å². The Morgan fingerprint density at radius 1 is 1.44 bits per heavy atom. The van der Waals surface area contributed by atoms with Crippen molar-refractivity contribution in [3.8, 4) is 6.07 Å². The zero-order valence-corrected chi connectivity index (χ0v) is 9.04. The van der Waals surface area contributed by atoms with Crippen LogP contribution in [0.4, 0.5) is 13.2 Å². The van der Waals surface area contributed by atoms with Crippen molar-refractivity contribution in [1.82, 2.24) is 0 Å². The molecule has 1 aromatic rings. The second-order valence-corrected chi connectivity index (χ2v) is 3.17. The van der Waals surface area contributed by atoms with Gasteiger partial charge >= 0.3 is 12.1 Å². The lowest BCUT2D eigenvalue weighted by atomic mass is 9.96. The summed E-state index contributed by atoms with van der Waals surface area (Å²) >= 11 is 0. The number of halogens is 3. The van der Waals surface area contributed by atoms with Gasteiger partial charge in [-0.15, -0.1) is 0 Å². The molecule has 0 radical (unpaired) electrons. The first-order valence-electron chi connectivity index (χ1n) is 4.54. The van der Waals surface area contributed by atoms with Crippen molar-refractivity contribution in [2.45, 2.75) is 6.18 Å². The molecule has 0 aliphatic rings. The highest BCUT2D eigenvalue weighted by Crippen LogP contribution is 2.34. The van der Waals surface area contributed by atoms with Crippen LogP contribution in [0.15, 0.2) is 12.1 Å². The molecular weight excluding hydrogens is 251 g/mol. The van der Waals surface area contributed by atoms with Crippen molar-refractivity contribution in [1.29, 1.82) is 5.26 Å². The molecule has 0 bridgehead atoms. The SMILES string of the molecule is COC(=O)c1c(C(F)(F)F)ccc(C=O)c1C#N. The van der Waals surface area contributed by atoms with Crippen molar-refractivity contribution < 1.29 is 27.5 Å². The van der Waals surface area contributed by atoms with Gasteiger partial charge in [-0.25, -0.2) is 4.79 Å². The van der Waals surface area contributed by atoms with Crippen molar-refractivity contribution in [3.05, 3.63) is 34.4 Å². The van der Waals surface area contributed by atoms with Crippen LogP contribution in [-0.4, -0.2) is 19.4 Å². The third kappa shape index (κ3) is 2.32. The normalized spacial score (nSPS) is 10.6. The van der Waals surface area contributed by atoms with Crippen LogP contribution in [0.1, 0.15) is 31.8 Å². The average molecular weight is 257 g/mol. The molecule has 7 heteroatoms. The van der Waals surface area contributed by atoms with E-state index in [1.807, 2.05) is 0 Å². The number of carbonyl (C=O) groups excluding carboxylic acids is 2. The first-order valence-corrected chi connectivity index (χ1v) is 4.54. The molecule has 18 heavy (non-hydrogen) atoms. The molecule has 0 atom stereocenters. The fourth-order valence-electron chi connectivity index (χ4n) is 1.39. The number of esters is 1. The number of nitrogens with zero attached hydrogens (tertiary/aromatic N) is 1. The summed E-state index contributed by atoms with van der Waals surface area (Å²) in [4.78, 5) is 22.0. The lowest BCUT2D eigenvalue weighted by Gasteiger charge is -2.13. The fraction of sp³-hybridized carbons (Fsp3) is 0.182. The number of benzene rings is 1. The van der Waals surface area contributed by atoms with Crippen molar-refractivity contribution >= 4 is 12.3 Å². The number of carbonyl (C=O) groups is 2. The van der Waals surface area contributed by atoms with Gasteiger partial charge in [0.25, 0.3) is 0 Å². The Morgan fingerprint density at radius 3 is 2.44 bits per heavy atom. The summed E-state index contributed by atoms with van der Waals surface area (Å²) in [6, 6.07) is 2.81. The van der Waals surface area contributed by atoms with Crippen LogP contribution < -0.4 is 0 Å². The maximum Gasteiger partial charge on any atom is 0.417 e. The molecule has 1 rings (SSSR count). The van der Waals surface area contributed by atoms with Gasteiger partial charge in [-0.3, -0.25) is 4.79 Å². The number of alkyl halides is 3. The van der Waals surface area contributed by atoms with Crippen LogP contribution >= 0.6 is 0 Å². The standard InChI is InChI=1S/C11H6F3NO3/c1-18-10(17)9-7(4-15)6(5-16)2-3-8(9)11(12,13)14/h2-3,5H,1H3. The van der Waals surface area contributed by atoms with Crippen LogP contribution in [-0.2, 0) is 10.9 Å². The van der Waals surface area contributed by atoms with E-state index in [2.05, 4.69) is 4.74 Å². The van der Waals surface area contributed by atoms with Crippen LogP contribution in [0.25, 0.3) is 0 Å². The minimum absolute atomic E-state index is 0.200. The molecule has 0 saturated carbocycles. The number of rotatable bonds is 2. The van der Waals surface area contributed by atoms with Crippen LogP contribution in [0.3, 0.4) is 0 Å². The lowest BCUT2D eigenvalue weighted by Crippen LogP contribution is -2.17. The highest BCUT2D eigenvalue weighted by atomic mass is 19.4. The molecule has 94 valence electrons. The van der Waals surface area contributed by atoms with Crippen molar-refractivity contribution in [2.24, 2.45) is 0 Å². The third-order valence-corrected chi connectivity index (χ3v) is 2.17. The van der Waals surface area contributed by atoms with Gasteiger partial charge in [-0.05, 0) is 12.1 Å². The zero-order valence-electron chi connectivity index (χ0n) is 9.04. The van der Waals surface area contributed by atoms with Crippen LogP contribution in [0.5, 0.6) is 0 Å². The number of aldehydes is 1. The number of nitriles is 1. The molecule has 0 N–H and O–H groups in total. The van der Waals surface area contributed by atoms with E-state index in [1.54, 1.807) is 0 Å². The van der Waals surface area contributed by atoms with Crippen LogP contribution in [0.2, 0.25) is 0 Å². The Bertz CT molecular complexity index is 544. The number of methoxy groups -OCH3 is 1. The second kappa shape index (κ2) is 4.87. The Balaban J connectivity index is 3.72. The molecule has 0 spiro atoms. The molecule has 0 fully saturated rings. The van der Waals surface area contributed by atoms with E-state index in [0.29, 0.717) is 6.07 Å². The molecule has 0 aliphatic heterocycles. The topological polar surface area (TPSA) is 67.2 Å². The molecule has 0 heterocycles. The first-order chi connectivity index (χ1) is 8.36. The molecule has 0 aromatic heterocycles. The summed E-state index contributed by atoms with van der Waals surface area (Å²) in [5.74, 6) is -1.32. The van der Waals surface area contributed by atoms with Gasteiger partial charge in [0.05, 0.1) is 23.8 Å². The number of ether oxygens (including phenoxy) is 1. The van der Waals surface area contributed by atoms with E-state index in [-0.39, 0.29) is 11.8 Å². The Morgan fingerprint density at radius 2 is 2.06 bits per heavy atom. The zero-order chi connectivity index (χ0) is 13.9. The van der Waals surface area contributed by atoms with Crippen LogP contribution in [0, 0.1) is 11.3 Å². The molecule has 1 aromatic carbocycles. The maximum atomic E-state index is 12.7. The van der Waals surface area contributed by atoms with Gasteiger partial charge in [0.2, 0.25) is 0 Å². The summed E-state index contributed by atoms with van der Waals surface area (Å²) in [6.45, 7) is 0. The molecule has 0 saturated heterocycles. The lowest BCUT2D eigenvalue weighted by molar-refractivity contribution is -0.138. The monoisotopic (exact) mass is 257 g/mol. The van der Waals surface area contributed by atoms with E-state index in [4.69, 9.17) is 5.26 Å². The van der Waals surface area contributed by atoms with Crippen molar-refractivity contribution in [3.63, 3.8) is 0 Å². The summed E-state index contributed by atoms with van der Waals surface area (Å²) in [5.41, 5.74) is -3.20. The Hall–Kier alpha value is -2.36. The van der Waals surface area contributed by atoms with Gasteiger partial charge in [0, 0.05) is 5.56 Å². The minimum Gasteiger partial charge on any atom is -0.465 e. The smallest absolute Gasteiger partial charge is 0.417 e. The van der Waals surface area contributed by atoms with Gasteiger partial charge in [0.1, 0.15) is 6.07 Å². The minimum atomic E-state index is -4.82. The van der Waals surface area contributed by atoms with Gasteiger partial charge < -0.3 is 4.74 Å². The third-order valence-electron chi connectivity index (χ3n) is 2.17. The molecule has 0 unspecified atom stereocenters. The highest BCUT2D eigenvalue weighted by molar-refractivity contribution is 5.97. The van der Waals surface area contributed by atoms with Crippen molar-refractivity contribution in [2.75, 3.05) is 7.11 Å².